The number of fused-ring (bicyclic) bond motifs is 1. The summed E-state index contributed by atoms with van der Waals surface area (Å²) in [5, 5.41) is 5.43. The highest BCUT2D eigenvalue weighted by atomic mass is 32.2. The second kappa shape index (κ2) is 11.3. The van der Waals surface area contributed by atoms with E-state index in [4.69, 9.17) is 18.9 Å². The summed E-state index contributed by atoms with van der Waals surface area (Å²) in [5.74, 6) is 0.448. The zero-order valence-corrected chi connectivity index (χ0v) is 19.6. The molecule has 2 N–H and O–H groups in total. The molecule has 180 valence electrons. The third-order valence-corrected chi connectivity index (χ3v) is 5.88. The lowest BCUT2D eigenvalue weighted by atomic mass is 10.2. The van der Waals surface area contributed by atoms with Gasteiger partial charge in [-0.2, -0.15) is 0 Å². The van der Waals surface area contributed by atoms with Crippen LogP contribution in [0.3, 0.4) is 0 Å². The van der Waals surface area contributed by atoms with E-state index in [0.717, 1.165) is 0 Å². The number of esters is 1. The van der Waals surface area contributed by atoms with Gasteiger partial charge in [0.25, 0.3) is 5.91 Å². The van der Waals surface area contributed by atoms with Crippen LogP contribution >= 0.6 is 11.8 Å². The Morgan fingerprint density at radius 2 is 1.66 bits per heavy atom. The van der Waals surface area contributed by atoms with Gasteiger partial charge in [-0.1, -0.05) is 18.2 Å². The van der Waals surface area contributed by atoms with Gasteiger partial charge < -0.3 is 29.6 Å². The fraction of sp³-hybridized carbons (Fsp3) is 0.160. The molecule has 0 spiro atoms. The molecule has 0 atom stereocenters. The van der Waals surface area contributed by atoms with Gasteiger partial charge in [-0.25, -0.2) is 4.79 Å². The van der Waals surface area contributed by atoms with Gasteiger partial charge >= 0.3 is 5.97 Å². The van der Waals surface area contributed by atoms with E-state index in [9.17, 15) is 14.4 Å². The Kier molecular flexibility index (Phi) is 7.74. The SMILES string of the molecule is COc1cccc(NC(=O)COC(=O)c2ccccc2SCC(=O)Nc2ccc3c(c2)OCO3)c1. The van der Waals surface area contributed by atoms with E-state index in [1.165, 1.54) is 18.9 Å². The summed E-state index contributed by atoms with van der Waals surface area (Å²) in [4.78, 5) is 37.8. The Hall–Kier alpha value is -4.18. The molecule has 0 unspecified atom stereocenters. The van der Waals surface area contributed by atoms with Crippen molar-refractivity contribution in [1.82, 2.24) is 0 Å². The van der Waals surface area contributed by atoms with Crippen LogP contribution in [-0.2, 0) is 14.3 Å². The number of methoxy groups -OCH3 is 1. The van der Waals surface area contributed by atoms with E-state index in [0.29, 0.717) is 33.5 Å². The number of rotatable bonds is 9. The molecule has 0 saturated carbocycles. The van der Waals surface area contributed by atoms with Crippen molar-refractivity contribution in [3.8, 4) is 17.2 Å². The van der Waals surface area contributed by atoms with Crippen LogP contribution in [0.4, 0.5) is 11.4 Å². The standard InChI is InChI=1S/C25H22N2O7S/c1-31-18-6-4-5-16(11-18)26-23(28)13-32-25(30)19-7-2-3-8-22(19)35-14-24(29)27-17-9-10-20-21(12-17)34-15-33-20/h2-12H,13-15H2,1H3,(H,26,28)(H,27,29). The zero-order chi connectivity index (χ0) is 24.6. The molecule has 0 bridgehead atoms. The number of ether oxygens (including phenoxy) is 4. The number of anilines is 2. The molecule has 1 aliphatic heterocycles. The molecule has 4 rings (SSSR count). The molecule has 9 nitrogen and oxygen atoms in total. The van der Waals surface area contributed by atoms with E-state index in [2.05, 4.69) is 10.6 Å². The zero-order valence-electron chi connectivity index (χ0n) is 18.7. The maximum atomic E-state index is 12.6. The number of hydrogen-bond acceptors (Lipinski definition) is 8. The van der Waals surface area contributed by atoms with E-state index in [1.807, 2.05) is 0 Å². The molecular formula is C25H22N2O7S. The molecule has 35 heavy (non-hydrogen) atoms. The molecule has 1 aliphatic rings. The summed E-state index contributed by atoms with van der Waals surface area (Å²) < 4.78 is 20.9. The maximum absolute atomic E-state index is 12.6. The minimum absolute atomic E-state index is 0.0645. The minimum Gasteiger partial charge on any atom is -0.497 e. The van der Waals surface area contributed by atoms with Gasteiger partial charge in [0.15, 0.2) is 18.1 Å². The molecule has 0 fully saturated rings. The van der Waals surface area contributed by atoms with E-state index < -0.39 is 18.5 Å². The molecule has 3 aromatic carbocycles. The molecule has 10 heteroatoms. The molecule has 2 amide bonds. The highest BCUT2D eigenvalue weighted by molar-refractivity contribution is 8.00. The highest BCUT2D eigenvalue weighted by Crippen LogP contribution is 2.34. The monoisotopic (exact) mass is 494 g/mol. The van der Waals surface area contributed by atoms with Crippen molar-refractivity contribution < 1.29 is 33.3 Å². The first-order valence-electron chi connectivity index (χ1n) is 10.5. The van der Waals surface area contributed by atoms with E-state index in [-0.39, 0.29) is 24.0 Å². The van der Waals surface area contributed by atoms with Crippen molar-refractivity contribution in [3.63, 3.8) is 0 Å². The van der Waals surface area contributed by atoms with Gasteiger partial charge in [0.05, 0.1) is 18.4 Å². The Morgan fingerprint density at radius 1 is 0.886 bits per heavy atom. The first-order valence-corrected chi connectivity index (χ1v) is 11.5. The summed E-state index contributed by atoms with van der Waals surface area (Å²) in [6, 6.07) is 18.7. The predicted molar refractivity (Wildman–Crippen MR) is 130 cm³/mol. The summed E-state index contributed by atoms with van der Waals surface area (Å²) in [6.07, 6.45) is 0. The van der Waals surface area contributed by atoms with Crippen molar-refractivity contribution in [2.24, 2.45) is 0 Å². The van der Waals surface area contributed by atoms with Crippen molar-refractivity contribution in [1.29, 1.82) is 0 Å². The number of carbonyl (C=O) groups is 3. The number of carbonyl (C=O) groups excluding carboxylic acids is 3. The van der Waals surface area contributed by atoms with Gasteiger partial charge in [0.2, 0.25) is 12.7 Å². The predicted octanol–water partition coefficient (Wildman–Crippen LogP) is 3.95. The number of thioether (sulfide) groups is 1. The summed E-state index contributed by atoms with van der Waals surface area (Å²) in [7, 11) is 1.53. The quantitative estimate of drug-likeness (QED) is 0.340. The smallest absolute Gasteiger partial charge is 0.339 e. The first-order chi connectivity index (χ1) is 17.0. The Morgan fingerprint density at radius 3 is 2.51 bits per heavy atom. The number of nitrogens with one attached hydrogen (secondary N) is 2. The Labute approximate surface area is 205 Å². The summed E-state index contributed by atoms with van der Waals surface area (Å²) in [5.41, 5.74) is 1.37. The second-order valence-electron chi connectivity index (χ2n) is 7.26. The van der Waals surface area contributed by atoms with Crippen LogP contribution in [0.5, 0.6) is 17.2 Å². The molecule has 0 saturated heterocycles. The average Bonchev–Trinajstić information content (AvgIpc) is 3.34. The van der Waals surface area contributed by atoms with Crippen LogP contribution in [-0.4, -0.2) is 44.0 Å². The van der Waals surface area contributed by atoms with Crippen LogP contribution in [0.2, 0.25) is 0 Å². The highest BCUT2D eigenvalue weighted by Gasteiger charge is 2.17. The van der Waals surface area contributed by atoms with Gasteiger partial charge in [-0.3, -0.25) is 9.59 Å². The van der Waals surface area contributed by atoms with Crippen molar-refractivity contribution >= 4 is 40.9 Å². The molecular weight excluding hydrogens is 472 g/mol. The van der Waals surface area contributed by atoms with Gasteiger partial charge in [0.1, 0.15) is 5.75 Å². The molecule has 0 aliphatic carbocycles. The maximum Gasteiger partial charge on any atom is 0.339 e. The van der Waals surface area contributed by atoms with Crippen LogP contribution < -0.4 is 24.8 Å². The molecule has 1 heterocycles. The van der Waals surface area contributed by atoms with E-state index in [1.54, 1.807) is 66.7 Å². The van der Waals surface area contributed by atoms with E-state index >= 15 is 0 Å². The van der Waals surface area contributed by atoms with Gasteiger partial charge in [-0.15, -0.1) is 11.8 Å². The normalized spacial score (nSPS) is 11.5. The third-order valence-electron chi connectivity index (χ3n) is 4.81. The lowest BCUT2D eigenvalue weighted by Crippen LogP contribution is -2.21. The van der Waals surface area contributed by atoms with Gasteiger partial charge in [0, 0.05) is 28.4 Å². The summed E-state index contributed by atoms with van der Waals surface area (Å²) >= 11 is 1.19. The van der Waals surface area contributed by atoms with Crippen molar-refractivity contribution in [2.45, 2.75) is 4.90 Å². The lowest BCUT2D eigenvalue weighted by Gasteiger charge is -2.10. The van der Waals surface area contributed by atoms with Crippen LogP contribution in [0.15, 0.2) is 71.6 Å². The van der Waals surface area contributed by atoms with Crippen LogP contribution in [0.25, 0.3) is 0 Å². The topological polar surface area (TPSA) is 112 Å². The Bertz CT molecular complexity index is 1250. The fourth-order valence-electron chi connectivity index (χ4n) is 3.18. The molecule has 0 radical (unpaired) electrons. The third kappa shape index (κ3) is 6.45. The Balaban J connectivity index is 1.29. The summed E-state index contributed by atoms with van der Waals surface area (Å²) in [6.45, 7) is -0.308. The van der Waals surface area contributed by atoms with Crippen molar-refractivity contribution in [2.75, 3.05) is 36.9 Å². The van der Waals surface area contributed by atoms with Crippen LogP contribution in [0.1, 0.15) is 10.4 Å². The first kappa shape index (κ1) is 24.0. The minimum atomic E-state index is -0.662. The molecule has 0 aromatic heterocycles. The molecule has 3 aromatic rings. The largest absolute Gasteiger partial charge is 0.497 e. The van der Waals surface area contributed by atoms with Gasteiger partial charge in [-0.05, 0) is 36.4 Å². The lowest BCUT2D eigenvalue weighted by molar-refractivity contribution is -0.119. The fourth-order valence-corrected chi connectivity index (χ4v) is 4.02. The van der Waals surface area contributed by atoms with Crippen LogP contribution in [0, 0.1) is 0 Å². The number of amides is 2. The van der Waals surface area contributed by atoms with Crippen molar-refractivity contribution in [3.05, 3.63) is 72.3 Å². The number of benzene rings is 3. The average molecular weight is 495 g/mol. The number of hydrogen-bond donors (Lipinski definition) is 2. The second-order valence-corrected chi connectivity index (χ2v) is 8.27.